The van der Waals surface area contributed by atoms with Crippen LogP contribution in [-0.2, 0) is 5.54 Å². The molecule has 0 unspecified atom stereocenters. The summed E-state index contributed by atoms with van der Waals surface area (Å²) in [6, 6.07) is 17.0. The van der Waals surface area contributed by atoms with Crippen LogP contribution in [-0.4, -0.2) is 16.1 Å². The fraction of sp³-hybridized carbons (Fsp3) is 0.211. The fourth-order valence-corrected chi connectivity index (χ4v) is 3.34. The quantitative estimate of drug-likeness (QED) is 0.779. The molecule has 0 spiro atoms. The van der Waals surface area contributed by atoms with Crippen molar-refractivity contribution in [2.45, 2.75) is 24.8 Å². The van der Waals surface area contributed by atoms with Crippen LogP contribution < -0.4 is 10.9 Å². The molecule has 1 fully saturated rings. The number of benzene rings is 2. The summed E-state index contributed by atoms with van der Waals surface area (Å²) in [4.78, 5) is 24.7. The standard InChI is InChI=1S/C19H17N3O2/c23-17-15-10-5-4-9-14(15)16(21-22-17)18(24)20-19(11-6-12-19)13-7-2-1-3-8-13/h1-5,7-10H,6,11-12H2,(H,20,24)(H,22,23). The summed E-state index contributed by atoms with van der Waals surface area (Å²) < 4.78 is 0. The first-order chi connectivity index (χ1) is 11.7. The van der Waals surface area contributed by atoms with Crippen LogP contribution in [0.2, 0.25) is 0 Å². The molecule has 5 nitrogen and oxygen atoms in total. The monoisotopic (exact) mass is 319 g/mol. The molecule has 0 aliphatic heterocycles. The Morgan fingerprint density at radius 1 is 1.00 bits per heavy atom. The molecular weight excluding hydrogens is 302 g/mol. The lowest BCUT2D eigenvalue weighted by atomic mass is 9.71. The number of carbonyl (C=O) groups is 1. The van der Waals surface area contributed by atoms with E-state index in [-0.39, 0.29) is 22.7 Å². The van der Waals surface area contributed by atoms with E-state index in [4.69, 9.17) is 0 Å². The van der Waals surface area contributed by atoms with Crippen molar-refractivity contribution in [1.82, 2.24) is 15.5 Å². The van der Waals surface area contributed by atoms with Gasteiger partial charge in [-0.05, 0) is 30.9 Å². The van der Waals surface area contributed by atoms with Gasteiger partial charge in [0.05, 0.1) is 10.9 Å². The van der Waals surface area contributed by atoms with E-state index in [2.05, 4.69) is 15.5 Å². The predicted octanol–water partition coefficient (Wildman–Crippen LogP) is 2.73. The van der Waals surface area contributed by atoms with Gasteiger partial charge >= 0.3 is 0 Å². The van der Waals surface area contributed by atoms with Crippen LogP contribution in [0.1, 0.15) is 35.3 Å². The van der Waals surface area contributed by atoms with Crippen molar-refractivity contribution in [3.8, 4) is 0 Å². The minimum atomic E-state index is -0.336. The Balaban J connectivity index is 1.73. The summed E-state index contributed by atoms with van der Waals surface area (Å²) in [5, 5.41) is 10.6. The van der Waals surface area contributed by atoms with Gasteiger partial charge in [0, 0.05) is 5.39 Å². The van der Waals surface area contributed by atoms with Crippen molar-refractivity contribution in [3.05, 3.63) is 76.2 Å². The van der Waals surface area contributed by atoms with Crippen molar-refractivity contribution in [2.75, 3.05) is 0 Å². The molecule has 1 aromatic heterocycles. The highest BCUT2D eigenvalue weighted by Crippen LogP contribution is 2.41. The molecule has 24 heavy (non-hydrogen) atoms. The van der Waals surface area contributed by atoms with Crippen molar-refractivity contribution >= 4 is 16.7 Å². The van der Waals surface area contributed by atoms with E-state index in [1.165, 1.54) is 0 Å². The second-order valence-electron chi connectivity index (χ2n) is 6.20. The Labute approximate surface area is 138 Å². The highest BCUT2D eigenvalue weighted by atomic mass is 16.2. The normalized spacial score (nSPS) is 15.7. The first-order valence-corrected chi connectivity index (χ1v) is 8.05. The number of hydrogen-bond donors (Lipinski definition) is 2. The SMILES string of the molecule is O=C(NC1(c2ccccc2)CCC1)c1n[nH]c(=O)c2ccccc12. The Morgan fingerprint density at radius 3 is 2.33 bits per heavy atom. The summed E-state index contributed by atoms with van der Waals surface area (Å²) in [7, 11) is 0. The van der Waals surface area contributed by atoms with Gasteiger partial charge in [-0.2, -0.15) is 5.10 Å². The topological polar surface area (TPSA) is 74.8 Å². The Kier molecular flexibility index (Phi) is 3.41. The number of fused-ring (bicyclic) bond motifs is 1. The third kappa shape index (κ3) is 2.29. The predicted molar refractivity (Wildman–Crippen MR) is 91.8 cm³/mol. The van der Waals surface area contributed by atoms with Crippen LogP contribution in [0.25, 0.3) is 10.8 Å². The molecule has 2 N–H and O–H groups in total. The van der Waals surface area contributed by atoms with Crippen molar-refractivity contribution in [2.24, 2.45) is 0 Å². The van der Waals surface area contributed by atoms with Crippen LogP contribution in [0.5, 0.6) is 0 Å². The van der Waals surface area contributed by atoms with Crippen molar-refractivity contribution in [1.29, 1.82) is 0 Å². The second-order valence-corrected chi connectivity index (χ2v) is 6.20. The zero-order valence-electron chi connectivity index (χ0n) is 13.1. The first kappa shape index (κ1) is 14.6. The molecule has 1 heterocycles. The molecular formula is C19H17N3O2. The van der Waals surface area contributed by atoms with Gasteiger partial charge in [0.2, 0.25) is 0 Å². The summed E-state index contributed by atoms with van der Waals surface area (Å²) in [6.07, 6.45) is 2.89. The lowest BCUT2D eigenvalue weighted by molar-refractivity contribution is 0.0819. The van der Waals surface area contributed by atoms with E-state index >= 15 is 0 Å². The summed E-state index contributed by atoms with van der Waals surface area (Å²) >= 11 is 0. The summed E-state index contributed by atoms with van der Waals surface area (Å²) in [5.74, 6) is -0.258. The van der Waals surface area contributed by atoms with Gasteiger partial charge in [-0.15, -0.1) is 0 Å². The minimum absolute atomic E-state index is 0.257. The fourth-order valence-electron chi connectivity index (χ4n) is 3.34. The maximum Gasteiger partial charge on any atom is 0.273 e. The second kappa shape index (κ2) is 5.60. The van der Waals surface area contributed by atoms with E-state index < -0.39 is 0 Å². The van der Waals surface area contributed by atoms with E-state index in [1.54, 1.807) is 24.3 Å². The average molecular weight is 319 g/mol. The van der Waals surface area contributed by atoms with Crippen molar-refractivity contribution < 1.29 is 4.79 Å². The lowest BCUT2D eigenvalue weighted by Crippen LogP contribution is -2.51. The summed E-state index contributed by atoms with van der Waals surface area (Å²) in [6.45, 7) is 0. The molecule has 0 radical (unpaired) electrons. The number of nitrogens with one attached hydrogen (secondary N) is 2. The van der Waals surface area contributed by atoms with Gasteiger partial charge in [-0.1, -0.05) is 48.5 Å². The largest absolute Gasteiger partial charge is 0.341 e. The third-order valence-corrected chi connectivity index (χ3v) is 4.80. The van der Waals surface area contributed by atoms with Gasteiger partial charge < -0.3 is 5.32 Å². The number of aromatic nitrogens is 2. The molecule has 1 aliphatic carbocycles. The molecule has 1 amide bonds. The first-order valence-electron chi connectivity index (χ1n) is 8.05. The Morgan fingerprint density at radius 2 is 1.67 bits per heavy atom. The number of hydrogen-bond acceptors (Lipinski definition) is 3. The van der Waals surface area contributed by atoms with Crippen LogP contribution >= 0.6 is 0 Å². The number of nitrogens with zero attached hydrogens (tertiary/aromatic N) is 1. The molecule has 5 heteroatoms. The molecule has 1 aliphatic rings. The van der Waals surface area contributed by atoms with Crippen LogP contribution in [0.15, 0.2) is 59.4 Å². The zero-order valence-corrected chi connectivity index (χ0v) is 13.1. The molecule has 120 valence electrons. The Hall–Kier alpha value is -2.95. The van der Waals surface area contributed by atoms with Gasteiger partial charge in [0.1, 0.15) is 0 Å². The van der Waals surface area contributed by atoms with E-state index in [1.807, 2.05) is 30.3 Å². The number of aromatic amines is 1. The van der Waals surface area contributed by atoms with Crippen LogP contribution in [0, 0.1) is 0 Å². The van der Waals surface area contributed by atoms with E-state index in [9.17, 15) is 9.59 Å². The molecule has 1 saturated carbocycles. The van der Waals surface area contributed by atoms with E-state index in [0.717, 1.165) is 24.8 Å². The number of H-pyrrole nitrogens is 1. The molecule has 4 rings (SSSR count). The molecule has 0 bridgehead atoms. The third-order valence-electron chi connectivity index (χ3n) is 4.80. The molecule has 0 saturated heterocycles. The van der Waals surface area contributed by atoms with E-state index in [0.29, 0.717) is 10.8 Å². The number of rotatable bonds is 3. The van der Waals surface area contributed by atoms with Gasteiger partial charge in [0.25, 0.3) is 11.5 Å². The van der Waals surface area contributed by atoms with Crippen LogP contribution in [0.3, 0.4) is 0 Å². The highest BCUT2D eigenvalue weighted by Gasteiger charge is 2.40. The Bertz CT molecular complexity index is 959. The number of amides is 1. The molecule has 0 atom stereocenters. The minimum Gasteiger partial charge on any atom is -0.341 e. The smallest absolute Gasteiger partial charge is 0.273 e. The van der Waals surface area contributed by atoms with Gasteiger partial charge in [-0.25, -0.2) is 5.10 Å². The van der Waals surface area contributed by atoms with Crippen molar-refractivity contribution in [3.63, 3.8) is 0 Å². The summed E-state index contributed by atoms with van der Waals surface area (Å²) in [5.41, 5.74) is 0.742. The average Bonchev–Trinajstić information content (AvgIpc) is 2.59. The maximum atomic E-state index is 12.9. The zero-order chi connectivity index (χ0) is 16.6. The lowest BCUT2D eigenvalue weighted by Gasteiger charge is -2.43. The van der Waals surface area contributed by atoms with Gasteiger partial charge in [-0.3, -0.25) is 9.59 Å². The highest BCUT2D eigenvalue weighted by molar-refractivity contribution is 6.05. The maximum absolute atomic E-state index is 12.9. The van der Waals surface area contributed by atoms with Gasteiger partial charge in [0.15, 0.2) is 5.69 Å². The molecule has 2 aromatic carbocycles. The molecule has 3 aromatic rings. The van der Waals surface area contributed by atoms with Crippen LogP contribution in [0.4, 0.5) is 0 Å². The number of carbonyl (C=O) groups excluding carboxylic acids is 1.